The highest BCUT2D eigenvalue weighted by Crippen LogP contribution is 2.24. The van der Waals surface area contributed by atoms with E-state index >= 15 is 0 Å². The number of phenolic OH excluding ortho intramolecular Hbond substituents is 1. The van der Waals surface area contributed by atoms with Gasteiger partial charge in [0.2, 0.25) is 0 Å². The van der Waals surface area contributed by atoms with Gasteiger partial charge in [0.25, 0.3) is 0 Å². The molecule has 0 unspecified atom stereocenters. The maximum Gasteiger partial charge on any atom is 0.153 e. The van der Waals surface area contributed by atoms with Crippen LogP contribution in [0.25, 0.3) is 5.57 Å². The third kappa shape index (κ3) is 2.02. The van der Waals surface area contributed by atoms with Gasteiger partial charge in [0.1, 0.15) is 5.75 Å². The molecule has 0 saturated heterocycles. The quantitative estimate of drug-likeness (QED) is 0.744. The van der Waals surface area contributed by atoms with Gasteiger partial charge in [-0.25, -0.2) is 0 Å². The summed E-state index contributed by atoms with van der Waals surface area (Å²) in [7, 11) is 0. The normalized spacial score (nSPS) is 11.4. The van der Waals surface area contributed by atoms with E-state index in [1.54, 1.807) is 12.1 Å². The van der Waals surface area contributed by atoms with Crippen molar-refractivity contribution in [3.8, 4) is 5.75 Å². The molecule has 0 aliphatic rings. The average Bonchev–Trinajstić information content (AvgIpc) is 2.20. The van der Waals surface area contributed by atoms with Crippen molar-refractivity contribution in [2.45, 2.75) is 20.3 Å². The van der Waals surface area contributed by atoms with Crippen molar-refractivity contribution in [2.75, 3.05) is 0 Å². The number of aldehydes is 1. The first-order valence-corrected chi connectivity index (χ1v) is 4.66. The molecule has 2 nitrogen and oxygen atoms in total. The van der Waals surface area contributed by atoms with E-state index in [0.717, 1.165) is 17.6 Å². The van der Waals surface area contributed by atoms with Crippen LogP contribution >= 0.6 is 0 Å². The van der Waals surface area contributed by atoms with E-state index in [0.29, 0.717) is 11.8 Å². The summed E-state index contributed by atoms with van der Waals surface area (Å²) < 4.78 is 0. The highest BCUT2D eigenvalue weighted by atomic mass is 16.3. The zero-order valence-electron chi connectivity index (χ0n) is 8.45. The second-order valence-electron chi connectivity index (χ2n) is 3.06. The van der Waals surface area contributed by atoms with Gasteiger partial charge in [0.05, 0.1) is 5.56 Å². The molecule has 2 heteroatoms. The van der Waals surface area contributed by atoms with Crippen molar-refractivity contribution >= 4 is 11.9 Å². The number of hydrogen-bond acceptors (Lipinski definition) is 2. The molecule has 0 bridgehead atoms. The molecule has 0 spiro atoms. The molecule has 0 aromatic heterocycles. The van der Waals surface area contributed by atoms with Crippen molar-refractivity contribution in [1.29, 1.82) is 0 Å². The number of phenols is 1. The molecule has 0 heterocycles. The Morgan fingerprint density at radius 1 is 1.50 bits per heavy atom. The van der Waals surface area contributed by atoms with Gasteiger partial charge in [-0.2, -0.15) is 0 Å². The topological polar surface area (TPSA) is 37.3 Å². The molecular weight excluding hydrogens is 176 g/mol. The molecule has 1 rings (SSSR count). The molecule has 0 saturated carbocycles. The lowest BCUT2D eigenvalue weighted by atomic mass is 10.0. The molecular formula is C12H14O2. The molecule has 1 N–H and O–H groups in total. The first-order chi connectivity index (χ1) is 6.72. The Bertz CT molecular complexity index is 365. The highest BCUT2D eigenvalue weighted by Gasteiger charge is 2.03. The Hall–Kier alpha value is -1.57. The van der Waals surface area contributed by atoms with Crippen molar-refractivity contribution < 1.29 is 9.90 Å². The van der Waals surface area contributed by atoms with E-state index in [1.165, 1.54) is 0 Å². The molecule has 0 fully saturated rings. The van der Waals surface area contributed by atoms with Gasteiger partial charge >= 0.3 is 0 Å². The fourth-order valence-corrected chi connectivity index (χ4v) is 1.42. The van der Waals surface area contributed by atoms with Crippen LogP contribution < -0.4 is 0 Å². The van der Waals surface area contributed by atoms with Gasteiger partial charge in [-0.15, -0.1) is 0 Å². The Morgan fingerprint density at radius 2 is 2.21 bits per heavy atom. The Kier molecular flexibility index (Phi) is 3.46. The van der Waals surface area contributed by atoms with Crippen molar-refractivity contribution in [2.24, 2.45) is 0 Å². The first-order valence-electron chi connectivity index (χ1n) is 4.66. The summed E-state index contributed by atoms with van der Waals surface area (Å²) in [5.41, 5.74) is 2.47. The number of benzene rings is 1. The summed E-state index contributed by atoms with van der Waals surface area (Å²) in [5, 5.41) is 9.47. The van der Waals surface area contributed by atoms with Crippen LogP contribution in [0.3, 0.4) is 0 Å². The monoisotopic (exact) mass is 190 g/mol. The third-order valence-corrected chi connectivity index (χ3v) is 2.26. The molecule has 0 aliphatic heterocycles. The lowest BCUT2D eigenvalue weighted by Gasteiger charge is -2.05. The number of rotatable bonds is 3. The van der Waals surface area contributed by atoms with E-state index < -0.39 is 0 Å². The van der Waals surface area contributed by atoms with Gasteiger partial charge in [0.15, 0.2) is 6.29 Å². The average molecular weight is 190 g/mol. The highest BCUT2D eigenvalue weighted by molar-refractivity contribution is 5.81. The largest absolute Gasteiger partial charge is 0.507 e. The van der Waals surface area contributed by atoms with Crippen LogP contribution in [-0.4, -0.2) is 11.4 Å². The van der Waals surface area contributed by atoms with Gasteiger partial charge in [-0.05, 0) is 36.6 Å². The van der Waals surface area contributed by atoms with Gasteiger partial charge in [-0.1, -0.05) is 19.1 Å². The predicted molar refractivity (Wildman–Crippen MR) is 57.4 cm³/mol. The summed E-state index contributed by atoms with van der Waals surface area (Å²) in [4.78, 5) is 10.5. The molecule has 0 atom stereocenters. The number of hydrogen-bond donors (Lipinski definition) is 1. The van der Waals surface area contributed by atoms with Crippen LogP contribution in [0.2, 0.25) is 0 Å². The fraction of sp³-hybridized carbons (Fsp3) is 0.250. The summed E-state index contributed by atoms with van der Waals surface area (Å²) >= 11 is 0. The maximum atomic E-state index is 10.5. The second kappa shape index (κ2) is 4.61. The van der Waals surface area contributed by atoms with Crippen LogP contribution in [0.4, 0.5) is 0 Å². The minimum absolute atomic E-state index is 0.0466. The van der Waals surface area contributed by atoms with Crippen molar-refractivity contribution in [3.63, 3.8) is 0 Å². The van der Waals surface area contributed by atoms with E-state index in [1.807, 2.05) is 19.1 Å². The van der Waals surface area contributed by atoms with Crippen LogP contribution in [0, 0.1) is 0 Å². The maximum absolute atomic E-state index is 10.5. The molecule has 0 aliphatic carbocycles. The summed E-state index contributed by atoms with van der Waals surface area (Å²) in [6, 6.07) is 5.11. The number of carbonyl (C=O) groups is 1. The molecule has 1 aromatic rings. The first kappa shape index (κ1) is 10.5. The van der Waals surface area contributed by atoms with Crippen LogP contribution in [0.1, 0.15) is 36.2 Å². The fourth-order valence-electron chi connectivity index (χ4n) is 1.42. The number of carbonyl (C=O) groups excluding carboxylic acids is 1. The number of aromatic hydroxyl groups is 1. The standard InChI is InChI=1S/C12H14O2/c1-3-9(4-2)10-5-6-11(8-13)12(14)7-10/h3,5-8,14H,4H2,1-2H3/b9-3+. The second-order valence-corrected chi connectivity index (χ2v) is 3.06. The number of allylic oxidation sites excluding steroid dienone is 2. The Labute approximate surface area is 83.9 Å². The molecule has 1 aromatic carbocycles. The smallest absolute Gasteiger partial charge is 0.153 e. The lowest BCUT2D eigenvalue weighted by Crippen LogP contribution is -1.86. The van der Waals surface area contributed by atoms with Crippen LogP contribution in [0.15, 0.2) is 24.3 Å². The molecule has 0 radical (unpaired) electrons. The van der Waals surface area contributed by atoms with Gasteiger partial charge in [-0.3, -0.25) is 4.79 Å². The van der Waals surface area contributed by atoms with E-state index in [9.17, 15) is 9.90 Å². The minimum atomic E-state index is 0.0466. The lowest BCUT2D eigenvalue weighted by molar-refractivity contribution is 0.112. The molecule has 0 amide bonds. The SMILES string of the molecule is C/C=C(\CC)c1ccc(C=O)c(O)c1. The predicted octanol–water partition coefficient (Wildman–Crippen LogP) is 3.02. The zero-order chi connectivity index (χ0) is 10.6. The van der Waals surface area contributed by atoms with Crippen LogP contribution in [-0.2, 0) is 0 Å². The van der Waals surface area contributed by atoms with Gasteiger partial charge in [0, 0.05) is 0 Å². The summed E-state index contributed by atoms with van der Waals surface area (Å²) in [5.74, 6) is 0.0466. The zero-order valence-corrected chi connectivity index (χ0v) is 8.45. The summed E-state index contributed by atoms with van der Waals surface area (Å²) in [6.45, 7) is 4.02. The molecule has 14 heavy (non-hydrogen) atoms. The van der Waals surface area contributed by atoms with E-state index in [4.69, 9.17) is 0 Å². The molecule has 74 valence electrons. The van der Waals surface area contributed by atoms with Crippen LogP contribution in [0.5, 0.6) is 5.75 Å². The Balaban J connectivity index is 3.14. The van der Waals surface area contributed by atoms with E-state index in [2.05, 4.69) is 6.92 Å². The minimum Gasteiger partial charge on any atom is -0.507 e. The Morgan fingerprint density at radius 3 is 2.64 bits per heavy atom. The van der Waals surface area contributed by atoms with E-state index in [-0.39, 0.29) is 5.75 Å². The van der Waals surface area contributed by atoms with Crippen molar-refractivity contribution in [1.82, 2.24) is 0 Å². The van der Waals surface area contributed by atoms with Gasteiger partial charge < -0.3 is 5.11 Å². The third-order valence-electron chi connectivity index (χ3n) is 2.26. The van der Waals surface area contributed by atoms with Crippen molar-refractivity contribution in [3.05, 3.63) is 35.4 Å². The summed E-state index contributed by atoms with van der Waals surface area (Å²) in [6.07, 6.45) is 3.58.